The standard InChI is InChI=1S/C22H16ClN3O5/c23-16-9-11(26(29)30)1-3-13(16)17-6-2-12(31-17)10-24-25-20(27)18-14-4-5-15(19(18)21(25)28)22(14)7-8-22/h1-6,9-10,14-15,18-19H,7-8H2/b24-10-/t14-,15-,18+,19+/m1/s1. The predicted octanol–water partition coefficient (Wildman–Crippen LogP) is 4.04. The van der Waals surface area contributed by atoms with Crippen LogP contribution in [0.4, 0.5) is 5.69 Å². The van der Waals surface area contributed by atoms with Gasteiger partial charge in [0.05, 0.1) is 28.0 Å². The fraction of sp³-hybridized carbons (Fsp3) is 0.318. The summed E-state index contributed by atoms with van der Waals surface area (Å²) in [5, 5.41) is 16.2. The molecule has 8 nitrogen and oxygen atoms in total. The first-order valence-electron chi connectivity index (χ1n) is 10.0. The summed E-state index contributed by atoms with van der Waals surface area (Å²) in [5.41, 5.74) is 0.526. The number of amides is 2. The second-order valence-corrected chi connectivity index (χ2v) is 8.98. The zero-order chi connectivity index (χ0) is 21.5. The van der Waals surface area contributed by atoms with Gasteiger partial charge in [0, 0.05) is 17.7 Å². The molecule has 2 amide bonds. The number of halogens is 1. The summed E-state index contributed by atoms with van der Waals surface area (Å²) in [5.74, 6) is -0.0325. The molecule has 3 fully saturated rings. The van der Waals surface area contributed by atoms with Crippen LogP contribution >= 0.6 is 11.6 Å². The number of carbonyl (C=O) groups excluding carboxylic acids is 2. The number of nitro benzene ring substituents is 1. The lowest BCUT2D eigenvalue weighted by Crippen LogP contribution is -2.30. The fourth-order valence-electron chi connectivity index (χ4n) is 5.68. The first-order valence-corrected chi connectivity index (χ1v) is 10.4. The molecular formula is C22H16ClN3O5. The molecule has 1 aromatic carbocycles. The van der Waals surface area contributed by atoms with Crippen LogP contribution in [0.5, 0.6) is 0 Å². The van der Waals surface area contributed by atoms with E-state index in [1.807, 2.05) is 0 Å². The van der Waals surface area contributed by atoms with E-state index in [-0.39, 0.29) is 51.6 Å². The van der Waals surface area contributed by atoms with Gasteiger partial charge in [-0.15, -0.1) is 0 Å². The molecule has 1 saturated heterocycles. The third-order valence-corrected chi connectivity index (χ3v) is 7.50. The largest absolute Gasteiger partial charge is 0.455 e. The normalized spacial score (nSPS) is 29.5. The number of hydrazone groups is 1. The van der Waals surface area contributed by atoms with Crippen molar-refractivity contribution in [2.24, 2.45) is 34.2 Å². The van der Waals surface area contributed by atoms with Crippen molar-refractivity contribution in [3.63, 3.8) is 0 Å². The minimum Gasteiger partial charge on any atom is -0.455 e. The highest BCUT2D eigenvalue weighted by Gasteiger charge is 2.73. The molecule has 1 aromatic heterocycles. The maximum absolute atomic E-state index is 12.9. The van der Waals surface area contributed by atoms with E-state index in [0.717, 1.165) is 17.9 Å². The number of allylic oxidation sites excluding steroid dienone is 2. The maximum Gasteiger partial charge on any atom is 0.270 e. The van der Waals surface area contributed by atoms with E-state index in [0.29, 0.717) is 17.1 Å². The highest BCUT2D eigenvalue weighted by Crippen LogP contribution is 2.73. The van der Waals surface area contributed by atoms with Crippen molar-refractivity contribution < 1.29 is 18.9 Å². The average molecular weight is 438 g/mol. The van der Waals surface area contributed by atoms with E-state index in [2.05, 4.69) is 17.3 Å². The Bertz CT molecular complexity index is 1190. The van der Waals surface area contributed by atoms with E-state index in [4.69, 9.17) is 16.0 Å². The summed E-state index contributed by atoms with van der Waals surface area (Å²) in [4.78, 5) is 36.2. The van der Waals surface area contributed by atoms with Crippen molar-refractivity contribution in [3.05, 3.63) is 63.4 Å². The second-order valence-electron chi connectivity index (χ2n) is 8.58. The van der Waals surface area contributed by atoms with E-state index < -0.39 is 4.92 Å². The van der Waals surface area contributed by atoms with Crippen LogP contribution in [0.25, 0.3) is 11.3 Å². The van der Waals surface area contributed by atoms with Gasteiger partial charge in [-0.25, -0.2) is 0 Å². The number of non-ortho nitro benzene ring substituents is 1. The SMILES string of the molecule is O=C1[C@@H]2[C@@H](C(=O)N1/N=C\c1ccc(-c3ccc([N+](=O)[O-])cc3Cl)o1)[C@H]1C=C[C@H]2C12CC2. The van der Waals surface area contributed by atoms with Crippen molar-refractivity contribution in [2.45, 2.75) is 12.8 Å². The number of hydrogen-bond donors (Lipinski definition) is 0. The van der Waals surface area contributed by atoms with Gasteiger partial charge in [-0.1, -0.05) is 23.8 Å². The highest BCUT2D eigenvalue weighted by atomic mass is 35.5. The van der Waals surface area contributed by atoms with Gasteiger partial charge in [-0.3, -0.25) is 19.7 Å². The molecule has 156 valence electrons. The third kappa shape index (κ3) is 2.45. The molecule has 2 bridgehead atoms. The Balaban J connectivity index is 1.23. The lowest BCUT2D eigenvalue weighted by molar-refractivity contribution is -0.384. The number of furan rings is 1. The maximum atomic E-state index is 12.9. The minimum atomic E-state index is -0.526. The molecule has 2 saturated carbocycles. The van der Waals surface area contributed by atoms with Gasteiger partial charge >= 0.3 is 0 Å². The van der Waals surface area contributed by atoms with Crippen LogP contribution in [0.1, 0.15) is 18.6 Å². The van der Waals surface area contributed by atoms with Crippen LogP contribution in [-0.2, 0) is 9.59 Å². The van der Waals surface area contributed by atoms with Crippen molar-refractivity contribution in [3.8, 4) is 11.3 Å². The molecule has 6 rings (SSSR count). The zero-order valence-corrected chi connectivity index (χ0v) is 16.9. The van der Waals surface area contributed by atoms with Gasteiger partial charge in [0.1, 0.15) is 11.5 Å². The van der Waals surface area contributed by atoms with Crippen molar-refractivity contribution >= 4 is 35.3 Å². The fourth-order valence-corrected chi connectivity index (χ4v) is 5.94. The van der Waals surface area contributed by atoms with Crippen LogP contribution in [0, 0.1) is 39.2 Å². The van der Waals surface area contributed by atoms with Crippen molar-refractivity contribution in [1.82, 2.24) is 5.01 Å². The number of imide groups is 1. The Morgan fingerprint density at radius 2 is 1.81 bits per heavy atom. The quantitative estimate of drug-likeness (QED) is 0.236. The summed E-state index contributed by atoms with van der Waals surface area (Å²) in [7, 11) is 0. The van der Waals surface area contributed by atoms with Gasteiger partial charge in [0.2, 0.25) is 0 Å². The van der Waals surface area contributed by atoms with Crippen LogP contribution in [0.2, 0.25) is 5.02 Å². The molecule has 4 aliphatic rings. The number of carbonyl (C=O) groups is 2. The van der Waals surface area contributed by atoms with Crippen LogP contribution < -0.4 is 0 Å². The molecule has 0 N–H and O–H groups in total. The lowest BCUT2D eigenvalue weighted by atomic mass is 9.85. The molecule has 1 aliphatic heterocycles. The molecular weight excluding hydrogens is 422 g/mol. The van der Waals surface area contributed by atoms with E-state index in [1.165, 1.54) is 24.4 Å². The third-order valence-electron chi connectivity index (χ3n) is 7.19. The lowest BCUT2D eigenvalue weighted by Gasteiger charge is -2.18. The Labute approximate surface area is 181 Å². The molecule has 31 heavy (non-hydrogen) atoms. The number of nitro groups is 1. The van der Waals surface area contributed by atoms with Gasteiger partial charge in [-0.05, 0) is 48.3 Å². The number of nitrogens with zero attached hydrogens (tertiary/aromatic N) is 3. The zero-order valence-electron chi connectivity index (χ0n) is 16.1. The molecule has 1 spiro atoms. The first kappa shape index (κ1) is 18.5. The first-order chi connectivity index (χ1) is 14.9. The summed E-state index contributed by atoms with van der Waals surface area (Å²) in [6.45, 7) is 0. The van der Waals surface area contributed by atoms with Crippen molar-refractivity contribution in [1.29, 1.82) is 0 Å². The van der Waals surface area contributed by atoms with E-state index >= 15 is 0 Å². The van der Waals surface area contributed by atoms with Gasteiger partial charge < -0.3 is 4.42 Å². The topological polar surface area (TPSA) is 106 Å². The number of hydrogen-bond acceptors (Lipinski definition) is 6. The Morgan fingerprint density at radius 1 is 1.13 bits per heavy atom. The second kappa shape index (κ2) is 6.13. The van der Waals surface area contributed by atoms with Crippen LogP contribution in [0.15, 0.2) is 52.0 Å². The Hall–Kier alpha value is -3.26. The Kier molecular flexibility index (Phi) is 3.66. The number of fused-ring (bicyclic) bond motifs is 3. The molecule has 9 heteroatoms. The van der Waals surface area contributed by atoms with Gasteiger partial charge in [0.15, 0.2) is 0 Å². The summed E-state index contributed by atoms with van der Waals surface area (Å²) in [6, 6.07) is 7.38. The predicted molar refractivity (Wildman–Crippen MR) is 110 cm³/mol. The molecule has 3 aliphatic carbocycles. The van der Waals surface area contributed by atoms with Gasteiger partial charge in [-0.2, -0.15) is 10.1 Å². The molecule has 0 radical (unpaired) electrons. The molecule has 4 atom stereocenters. The number of rotatable bonds is 4. The average Bonchev–Trinajstić information content (AvgIpc) is 3.03. The monoisotopic (exact) mass is 437 g/mol. The number of benzene rings is 1. The van der Waals surface area contributed by atoms with E-state index in [9.17, 15) is 19.7 Å². The van der Waals surface area contributed by atoms with Crippen molar-refractivity contribution in [2.75, 3.05) is 0 Å². The molecule has 2 heterocycles. The highest BCUT2D eigenvalue weighted by molar-refractivity contribution is 6.33. The van der Waals surface area contributed by atoms with E-state index in [1.54, 1.807) is 12.1 Å². The summed E-state index contributed by atoms with van der Waals surface area (Å²) < 4.78 is 5.71. The van der Waals surface area contributed by atoms with Gasteiger partial charge in [0.25, 0.3) is 17.5 Å². The molecule has 0 unspecified atom stereocenters. The smallest absolute Gasteiger partial charge is 0.270 e. The summed E-state index contributed by atoms with van der Waals surface area (Å²) >= 11 is 6.15. The summed E-state index contributed by atoms with van der Waals surface area (Å²) in [6.07, 6.45) is 7.74. The Morgan fingerprint density at radius 3 is 2.39 bits per heavy atom. The van der Waals surface area contributed by atoms with Crippen LogP contribution in [0.3, 0.4) is 0 Å². The minimum absolute atomic E-state index is 0.116. The molecule has 2 aromatic rings. The van der Waals surface area contributed by atoms with Crippen LogP contribution in [-0.4, -0.2) is 28.0 Å².